The number of aryl methyl sites for hydroxylation is 1. The number of para-hydroxylation sites is 1. The lowest BCUT2D eigenvalue weighted by atomic mass is 9.94. The van der Waals surface area contributed by atoms with E-state index >= 15 is 0 Å². The summed E-state index contributed by atoms with van der Waals surface area (Å²) in [4.78, 5) is 29.9. The molecule has 0 aromatic heterocycles. The molecule has 3 aromatic rings. The molecule has 3 aromatic carbocycles. The van der Waals surface area contributed by atoms with Gasteiger partial charge in [-0.2, -0.15) is 0 Å². The van der Waals surface area contributed by atoms with Crippen LogP contribution in [0.4, 0.5) is 5.69 Å². The second-order valence-electron chi connectivity index (χ2n) is 10.9. The van der Waals surface area contributed by atoms with Crippen LogP contribution < -0.4 is 9.62 Å². The predicted molar refractivity (Wildman–Crippen MR) is 172 cm³/mol. The first-order valence-electron chi connectivity index (χ1n) is 14.6. The van der Waals surface area contributed by atoms with E-state index in [1.54, 1.807) is 17.0 Å². The van der Waals surface area contributed by atoms with Gasteiger partial charge in [0, 0.05) is 23.5 Å². The lowest BCUT2D eigenvalue weighted by Gasteiger charge is -2.35. The van der Waals surface area contributed by atoms with Gasteiger partial charge in [-0.3, -0.25) is 13.9 Å². The summed E-state index contributed by atoms with van der Waals surface area (Å²) in [6, 6.07) is 23.7. The molecule has 0 unspecified atom stereocenters. The Bertz CT molecular complexity index is 1440. The summed E-state index contributed by atoms with van der Waals surface area (Å²) in [6.45, 7) is 1.70. The topological polar surface area (TPSA) is 86.8 Å². The Morgan fingerprint density at radius 3 is 2.19 bits per heavy atom. The van der Waals surface area contributed by atoms with Gasteiger partial charge in [0.15, 0.2) is 0 Å². The SMILES string of the molecule is CCc1ccccc1N(CC(=O)N(Cc1ccc(Br)cc1)[C@H](Cc1ccccc1)C(=O)NC1CCCCC1)S(C)(=O)=O. The molecule has 1 fully saturated rings. The van der Waals surface area contributed by atoms with Crippen LogP contribution >= 0.6 is 15.9 Å². The number of rotatable bonds is 12. The van der Waals surface area contributed by atoms with Crippen molar-refractivity contribution >= 4 is 43.5 Å². The fourth-order valence-electron chi connectivity index (χ4n) is 5.53. The average molecular weight is 655 g/mol. The van der Waals surface area contributed by atoms with Crippen molar-refractivity contribution < 1.29 is 18.0 Å². The van der Waals surface area contributed by atoms with Crippen LogP contribution in [-0.4, -0.2) is 50.0 Å². The predicted octanol–water partition coefficient (Wildman–Crippen LogP) is 5.87. The molecular formula is C33H40BrN3O4S. The summed E-state index contributed by atoms with van der Waals surface area (Å²) in [6.07, 6.45) is 7.16. The Morgan fingerprint density at radius 1 is 0.905 bits per heavy atom. The highest BCUT2D eigenvalue weighted by Crippen LogP contribution is 2.25. The van der Waals surface area contributed by atoms with Crippen molar-refractivity contribution in [1.29, 1.82) is 0 Å². The standard InChI is InChI=1S/C33H40BrN3O4S/c1-3-27-14-10-11-17-30(27)37(42(2,40)41)24-32(38)36(23-26-18-20-28(34)21-19-26)31(22-25-12-6-4-7-13-25)33(39)35-29-15-8-5-9-16-29/h4,6-7,10-14,17-21,29,31H,3,5,8-9,15-16,22-24H2,1-2H3,(H,35,39)/t31-/m1/s1. The minimum Gasteiger partial charge on any atom is -0.352 e. The van der Waals surface area contributed by atoms with Crippen LogP contribution in [0.3, 0.4) is 0 Å². The first-order valence-corrected chi connectivity index (χ1v) is 17.2. The van der Waals surface area contributed by atoms with Crippen LogP contribution in [0.5, 0.6) is 0 Å². The summed E-state index contributed by atoms with van der Waals surface area (Å²) in [5.41, 5.74) is 3.07. The van der Waals surface area contributed by atoms with E-state index in [4.69, 9.17) is 0 Å². The Labute approximate surface area is 258 Å². The zero-order valence-electron chi connectivity index (χ0n) is 24.3. The van der Waals surface area contributed by atoms with E-state index in [1.165, 1.54) is 4.31 Å². The van der Waals surface area contributed by atoms with Crippen LogP contribution in [0.2, 0.25) is 0 Å². The molecule has 0 saturated heterocycles. The molecule has 0 spiro atoms. The summed E-state index contributed by atoms with van der Waals surface area (Å²) < 4.78 is 28.2. The van der Waals surface area contributed by atoms with Gasteiger partial charge in [0.1, 0.15) is 12.6 Å². The van der Waals surface area contributed by atoms with Crippen LogP contribution in [0.25, 0.3) is 0 Å². The van der Waals surface area contributed by atoms with Crippen molar-refractivity contribution in [2.24, 2.45) is 0 Å². The number of carbonyl (C=O) groups excluding carboxylic acids is 2. The Kier molecular flexibility index (Phi) is 11.2. The highest BCUT2D eigenvalue weighted by Gasteiger charge is 2.34. The van der Waals surface area contributed by atoms with Crippen molar-refractivity contribution in [3.63, 3.8) is 0 Å². The van der Waals surface area contributed by atoms with Gasteiger partial charge in [-0.25, -0.2) is 8.42 Å². The fourth-order valence-corrected chi connectivity index (χ4v) is 6.68. The third-order valence-corrected chi connectivity index (χ3v) is 9.46. The van der Waals surface area contributed by atoms with Gasteiger partial charge < -0.3 is 10.2 Å². The van der Waals surface area contributed by atoms with Crippen molar-refractivity contribution in [2.75, 3.05) is 17.1 Å². The maximum atomic E-state index is 14.3. The van der Waals surface area contributed by atoms with Gasteiger partial charge in [-0.1, -0.05) is 103 Å². The Morgan fingerprint density at radius 2 is 1.55 bits per heavy atom. The number of anilines is 1. The zero-order chi connectivity index (χ0) is 30.1. The van der Waals surface area contributed by atoms with Crippen LogP contribution in [0, 0.1) is 0 Å². The normalized spacial score (nSPS) is 14.6. The summed E-state index contributed by atoms with van der Waals surface area (Å²) >= 11 is 3.47. The van der Waals surface area contributed by atoms with E-state index in [1.807, 2.05) is 73.7 Å². The third kappa shape index (κ3) is 8.67. The summed E-state index contributed by atoms with van der Waals surface area (Å²) in [7, 11) is -3.81. The number of hydrogen-bond donors (Lipinski definition) is 1. The van der Waals surface area contributed by atoms with Crippen molar-refractivity contribution in [3.05, 3.63) is 100 Å². The van der Waals surface area contributed by atoms with Crippen LogP contribution in [0.15, 0.2) is 83.3 Å². The Balaban J connectivity index is 1.73. The molecule has 4 rings (SSSR count). The second kappa shape index (κ2) is 14.8. The van der Waals surface area contributed by atoms with E-state index < -0.39 is 28.5 Å². The molecule has 42 heavy (non-hydrogen) atoms. The minimum atomic E-state index is -3.81. The van der Waals surface area contributed by atoms with Crippen molar-refractivity contribution in [3.8, 4) is 0 Å². The number of hydrogen-bond acceptors (Lipinski definition) is 4. The number of nitrogens with zero attached hydrogens (tertiary/aromatic N) is 2. The van der Waals surface area contributed by atoms with Crippen molar-refractivity contribution in [2.45, 2.75) is 70.5 Å². The molecule has 0 heterocycles. The molecule has 1 N–H and O–H groups in total. The number of amides is 2. The van der Waals surface area contributed by atoms with E-state index in [9.17, 15) is 18.0 Å². The molecule has 2 amide bonds. The first kappa shape index (κ1) is 31.8. The molecule has 1 atom stereocenters. The molecule has 9 heteroatoms. The molecule has 1 aliphatic carbocycles. The monoisotopic (exact) mass is 653 g/mol. The van der Waals surface area contributed by atoms with Crippen LogP contribution in [-0.2, 0) is 39.0 Å². The highest BCUT2D eigenvalue weighted by molar-refractivity contribution is 9.10. The molecule has 0 radical (unpaired) electrons. The molecule has 0 bridgehead atoms. The van der Waals surface area contributed by atoms with E-state index in [0.717, 1.165) is 59.5 Å². The molecule has 224 valence electrons. The second-order valence-corrected chi connectivity index (χ2v) is 13.8. The lowest BCUT2D eigenvalue weighted by Crippen LogP contribution is -2.55. The van der Waals surface area contributed by atoms with E-state index in [-0.39, 0.29) is 18.5 Å². The van der Waals surface area contributed by atoms with Crippen LogP contribution in [0.1, 0.15) is 55.7 Å². The molecule has 7 nitrogen and oxygen atoms in total. The van der Waals surface area contributed by atoms with E-state index in [0.29, 0.717) is 18.5 Å². The zero-order valence-corrected chi connectivity index (χ0v) is 26.7. The fraction of sp³-hybridized carbons (Fsp3) is 0.394. The van der Waals surface area contributed by atoms with Gasteiger partial charge in [0.25, 0.3) is 0 Å². The Hall–Kier alpha value is -3.17. The molecule has 1 aliphatic rings. The number of nitrogens with one attached hydrogen (secondary N) is 1. The van der Waals surface area contributed by atoms with Gasteiger partial charge in [-0.15, -0.1) is 0 Å². The smallest absolute Gasteiger partial charge is 0.244 e. The maximum Gasteiger partial charge on any atom is 0.244 e. The number of carbonyl (C=O) groups is 2. The largest absolute Gasteiger partial charge is 0.352 e. The van der Waals surface area contributed by atoms with Gasteiger partial charge >= 0.3 is 0 Å². The first-order chi connectivity index (χ1) is 20.2. The summed E-state index contributed by atoms with van der Waals surface area (Å²) in [5, 5.41) is 3.23. The third-order valence-electron chi connectivity index (χ3n) is 7.81. The minimum absolute atomic E-state index is 0.0677. The lowest BCUT2D eigenvalue weighted by molar-refractivity contribution is -0.140. The van der Waals surface area contributed by atoms with E-state index in [2.05, 4.69) is 21.2 Å². The molecule has 1 saturated carbocycles. The number of sulfonamides is 1. The van der Waals surface area contributed by atoms with Crippen molar-refractivity contribution in [1.82, 2.24) is 10.2 Å². The van der Waals surface area contributed by atoms with Gasteiger partial charge in [0.2, 0.25) is 21.8 Å². The molecule has 0 aliphatic heterocycles. The van der Waals surface area contributed by atoms with Gasteiger partial charge in [-0.05, 0) is 54.2 Å². The number of benzene rings is 3. The highest BCUT2D eigenvalue weighted by atomic mass is 79.9. The molecular weight excluding hydrogens is 614 g/mol. The number of halogens is 1. The quantitative estimate of drug-likeness (QED) is 0.265. The maximum absolute atomic E-state index is 14.3. The summed E-state index contributed by atoms with van der Waals surface area (Å²) in [5.74, 6) is -0.648. The van der Waals surface area contributed by atoms with Gasteiger partial charge in [0.05, 0.1) is 11.9 Å². The average Bonchev–Trinajstić information content (AvgIpc) is 2.99.